The second kappa shape index (κ2) is 6.95. The van der Waals surface area contributed by atoms with Gasteiger partial charge in [0.1, 0.15) is 0 Å². The molecule has 1 aliphatic carbocycles. The average molecular weight is 300 g/mol. The molecule has 0 unspecified atom stereocenters. The summed E-state index contributed by atoms with van der Waals surface area (Å²) in [6.45, 7) is 1.36. The summed E-state index contributed by atoms with van der Waals surface area (Å²) < 4.78 is 0. The Bertz CT molecular complexity index is 515. The first-order valence-corrected chi connectivity index (χ1v) is 8.39. The number of nitrogens with zero attached hydrogens (tertiary/aromatic N) is 1. The van der Waals surface area contributed by atoms with E-state index < -0.39 is 0 Å². The number of piperidine rings is 1. The quantitative estimate of drug-likeness (QED) is 0.871. The van der Waals surface area contributed by atoms with Crippen LogP contribution in [0.25, 0.3) is 0 Å². The number of carbonyl (C=O) groups excluding carboxylic acids is 2. The molecule has 118 valence electrons. The Morgan fingerprint density at radius 1 is 0.955 bits per heavy atom. The molecule has 0 bridgehead atoms. The Kier molecular flexibility index (Phi) is 4.76. The molecule has 0 atom stereocenters. The van der Waals surface area contributed by atoms with Gasteiger partial charge < -0.3 is 10.2 Å². The van der Waals surface area contributed by atoms with E-state index in [2.05, 4.69) is 5.32 Å². The molecule has 2 amide bonds. The predicted molar refractivity (Wildman–Crippen MR) is 85.9 cm³/mol. The summed E-state index contributed by atoms with van der Waals surface area (Å²) in [6.07, 6.45) is 6.19. The zero-order valence-electron chi connectivity index (χ0n) is 13.0. The summed E-state index contributed by atoms with van der Waals surface area (Å²) in [5.74, 6) is 0.273. The van der Waals surface area contributed by atoms with Crippen molar-refractivity contribution >= 4 is 11.8 Å². The van der Waals surface area contributed by atoms with Gasteiger partial charge in [-0.05, 0) is 25.7 Å². The van der Waals surface area contributed by atoms with Crippen LogP contribution in [0, 0.1) is 5.92 Å². The van der Waals surface area contributed by atoms with Gasteiger partial charge >= 0.3 is 6.03 Å². The summed E-state index contributed by atoms with van der Waals surface area (Å²) in [6, 6.07) is 9.89. The van der Waals surface area contributed by atoms with Gasteiger partial charge in [-0.2, -0.15) is 0 Å². The highest BCUT2D eigenvalue weighted by Crippen LogP contribution is 2.23. The summed E-state index contributed by atoms with van der Waals surface area (Å²) in [7, 11) is 0. The Labute approximate surface area is 131 Å². The van der Waals surface area contributed by atoms with Gasteiger partial charge in [0.05, 0.1) is 0 Å². The number of urea groups is 1. The van der Waals surface area contributed by atoms with Gasteiger partial charge in [0.2, 0.25) is 0 Å². The lowest BCUT2D eigenvalue weighted by Gasteiger charge is -2.32. The number of hydrogen-bond acceptors (Lipinski definition) is 2. The second-order valence-corrected chi connectivity index (χ2v) is 6.42. The molecular formula is C18H24N2O2. The van der Waals surface area contributed by atoms with Crippen molar-refractivity contribution in [2.24, 2.45) is 5.92 Å². The first-order chi connectivity index (χ1) is 10.7. The number of hydrogen-bond donors (Lipinski definition) is 1. The lowest BCUT2D eigenvalue weighted by molar-refractivity contribution is 0.0853. The number of benzene rings is 1. The lowest BCUT2D eigenvalue weighted by atomic mass is 9.89. The molecule has 3 rings (SSSR count). The second-order valence-electron chi connectivity index (χ2n) is 6.42. The number of amides is 2. The van der Waals surface area contributed by atoms with Gasteiger partial charge in [-0.15, -0.1) is 0 Å². The molecule has 1 heterocycles. The van der Waals surface area contributed by atoms with E-state index in [-0.39, 0.29) is 17.7 Å². The zero-order chi connectivity index (χ0) is 15.4. The first-order valence-electron chi connectivity index (χ1n) is 8.39. The van der Waals surface area contributed by atoms with Gasteiger partial charge in [0, 0.05) is 30.6 Å². The number of rotatable bonds is 3. The Balaban J connectivity index is 1.49. The molecule has 1 saturated heterocycles. The molecule has 4 nitrogen and oxygen atoms in total. The predicted octanol–water partition coefficient (Wildman–Crippen LogP) is 3.23. The van der Waals surface area contributed by atoms with Crippen molar-refractivity contribution in [1.82, 2.24) is 10.2 Å². The molecular weight excluding hydrogens is 276 g/mol. The highest BCUT2D eigenvalue weighted by atomic mass is 16.2. The normalized spacial score (nSPS) is 20.1. The van der Waals surface area contributed by atoms with Crippen molar-refractivity contribution in [3.8, 4) is 0 Å². The highest BCUT2D eigenvalue weighted by molar-refractivity contribution is 5.97. The number of nitrogens with one attached hydrogen (secondary N) is 1. The van der Waals surface area contributed by atoms with E-state index in [1.807, 2.05) is 35.2 Å². The van der Waals surface area contributed by atoms with Gasteiger partial charge in [-0.25, -0.2) is 4.79 Å². The minimum atomic E-state index is 0.0533. The zero-order valence-corrected chi connectivity index (χ0v) is 13.0. The van der Waals surface area contributed by atoms with Crippen LogP contribution in [0.5, 0.6) is 0 Å². The molecule has 2 fully saturated rings. The molecule has 1 aromatic rings. The SMILES string of the molecule is O=C(c1ccccc1)C1CCN(C(=O)NC2CCCC2)CC1. The topological polar surface area (TPSA) is 49.4 Å². The van der Waals surface area contributed by atoms with Crippen LogP contribution in [0.2, 0.25) is 0 Å². The largest absolute Gasteiger partial charge is 0.335 e. The van der Waals surface area contributed by atoms with Crippen molar-refractivity contribution in [3.63, 3.8) is 0 Å². The van der Waals surface area contributed by atoms with E-state index in [4.69, 9.17) is 0 Å². The van der Waals surface area contributed by atoms with Crippen molar-refractivity contribution in [3.05, 3.63) is 35.9 Å². The maximum atomic E-state index is 12.4. The molecule has 0 aromatic heterocycles. The average Bonchev–Trinajstić information content (AvgIpc) is 3.08. The maximum absolute atomic E-state index is 12.4. The van der Waals surface area contributed by atoms with E-state index >= 15 is 0 Å². The van der Waals surface area contributed by atoms with Crippen LogP contribution in [0.1, 0.15) is 48.9 Å². The van der Waals surface area contributed by atoms with Crippen LogP contribution in [0.4, 0.5) is 4.79 Å². The Morgan fingerprint density at radius 2 is 1.59 bits per heavy atom. The van der Waals surface area contributed by atoms with Gasteiger partial charge in [-0.1, -0.05) is 43.2 Å². The van der Waals surface area contributed by atoms with E-state index in [1.165, 1.54) is 12.8 Å². The monoisotopic (exact) mass is 300 g/mol. The molecule has 1 aliphatic heterocycles. The molecule has 0 radical (unpaired) electrons. The van der Waals surface area contributed by atoms with Crippen LogP contribution in [0.3, 0.4) is 0 Å². The van der Waals surface area contributed by atoms with Crippen molar-refractivity contribution in [2.75, 3.05) is 13.1 Å². The molecule has 2 aliphatic rings. The Hall–Kier alpha value is -1.84. The van der Waals surface area contributed by atoms with Crippen LogP contribution >= 0.6 is 0 Å². The summed E-state index contributed by atoms with van der Waals surface area (Å²) >= 11 is 0. The van der Waals surface area contributed by atoms with Crippen LogP contribution < -0.4 is 5.32 Å². The van der Waals surface area contributed by atoms with Crippen molar-refractivity contribution in [1.29, 1.82) is 0 Å². The molecule has 4 heteroatoms. The third-order valence-electron chi connectivity index (χ3n) is 4.89. The molecule has 1 saturated carbocycles. The standard InChI is InChI=1S/C18H24N2O2/c21-17(14-6-2-1-3-7-14)15-10-12-20(13-11-15)18(22)19-16-8-4-5-9-16/h1-3,6-7,15-16H,4-5,8-13H2,(H,19,22). The molecule has 22 heavy (non-hydrogen) atoms. The van der Waals surface area contributed by atoms with Crippen LogP contribution in [0.15, 0.2) is 30.3 Å². The summed E-state index contributed by atoms with van der Waals surface area (Å²) in [5, 5.41) is 3.13. The fourth-order valence-electron chi connectivity index (χ4n) is 3.52. The minimum absolute atomic E-state index is 0.0533. The number of likely N-dealkylation sites (tertiary alicyclic amines) is 1. The lowest BCUT2D eigenvalue weighted by Crippen LogP contribution is -2.48. The summed E-state index contributed by atoms with van der Waals surface area (Å²) in [5.41, 5.74) is 0.788. The Morgan fingerprint density at radius 3 is 2.23 bits per heavy atom. The van der Waals surface area contributed by atoms with Gasteiger partial charge in [-0.3, -0.25) is 4.79 Å². The van der Waals surface area contributed by atoms with Gasteiger partial charge in [0.25, 0.3) is 0 Å². The molecule has 1 aromatic carbocycles. The fraction of sp³-hybridized carbons (Fsp3) is 0.556. The maximum Gasteiger partial charge on any atom is 0.317 e. The molecule has 1 N–H and O–H groups in total. The van der Waals surface area contributed by atoms with Crippen LogP contribution in [-0.4, -0.2) is 35.8 Å². The third kappa shape index (κ3) is 3.49. The van der Waals surface area contributed by atoms with E-state index in [1.54, 1.807) is 0 Å². The smallest absolute Gasteiger partial charge is 0.317 e. The van der Waals surface area contributed by atoms with E-state index in [0.717, 1.165) is 31.2 Å². The highest BCUT2D eigenvalue weighted by Gasteiger charge is 2.29. The van der Waals surface area contributed by atoms with E-state index in [0.29, 0.717) is 19.1 Å². The number of ketones is 1. The van der Waals surface area contributed by atoms with Crippen LogP contribution in [-0.2, 0) is 0 Å². The van der Waals surface area contributed by atoms with Crippen molar-refractivity contribution < 1.29 is 9.59 Å². The molecule has 0 spiro atoms. The number of Topliss-reactive ketones (excluding diaryl/α,β-unsaturated/α-hetero) is 1. The first kappa shape index (κ1) is 15.1. The summed E-state index contributed by atoms with van der Waals surface area (Å²) in [4.78, 5) is 26.5. The number of carbonyl (C=O) groups is 2. The fourth-order valence-corrected chi connectivity index (χ4v) is 3.52. The van der Waals surface area contributed by atoms with Crippen molar-refractivity contribution in [2.45, 2.75) is 44.6 Å². The van der Waals surface area contributed by atoms with E-state index in [9.17, 15) is 9.59 Å². The third-order valence-corrected chi connectivity index (χ3v) is 4.89. The minimum Gasteiger partial charge on any atom is -0.335 e. The van der Waals surface area contributed by atoms with Gasteiger partial charge in [0.15, 0.2) is 5.78 Å².